The third kappa shape index (κ3) is 4.09. The zero-order chi connectivity index (χ0) is 15.9. The average Bonchev–Trinajstić information content (AvgIpc) is 2.54. The van der Waals surface area contributed by atoms with Crippen molar-refractivity contribution in [2.75, 3.05) is 6.54 Å². The Kier molecular flexibility index (Phi) is 5.99. The van der Waals surface area contributed by atoms with Crippen molar-refractivity contribution in [3.05, 3.63) is 70.7 Å². The molecule has 0 radical (unpaired) electrons. The van der Waals surface area contributed by atoms with Crippen LogP contribution in [-0.4, -0.2) is 11.5 Å². The minimum Gasteiger partial charge on any atom is -0.872 e. The lowest BCUT2D eigenvalue weighted by atomic mass is 10.0. The second kappa shape index (κ2) is 7.97. The van der Waals surface area contributed by atoms with E-state index in [4.69, 9.17) is 23.8 Å². The van der Waals surface area contributed by atoms with E-state index in [-0.39, 0.29) is 5.76 Å². The quantitative estimate of drug-likeness (QED) is 0.391. The molecule has 0 spiro atoms. The topological polar surface area (TPSA) is 35.1 Å². The Hall–Kier alpha value is -1.84. The standard InChI is InChI=1S/C18H18ClNOS/c1-2-11-20-18(22)16(13-7-4-3-5-8-13)17(21)14-9-6-10-15(19)12-14/h3-10,12,21H,2,11H2,1H3,(H,20,22)/p-1/b17-16-. The molecule has 114 valence electrons. The maximum absolute atomic E-state index is 12.9. The minimum absolute atomic E-state index is 0.123. The van der Waals surface area contributed by atoms with Crippen LogP contribution in [-0.2, 0) is 0 Å². The Morgan fingerprint density at radius 3 is 2.41 bits per heavy atom. The largest absolute Gasteiger partial charge is 0.872 e. The van der Waals surface area contributed by atoms with Gasteiger partial charge in [-0.3, -0.25) is 0 Å². The summed E-state index contributed by atoms with van der Waals surface area (Å²) in [5.41, 5.74) is 1.85. The molecule has 4 heteroatoms. The van der Waals surface area contributed by atoms with E-state index < -0.39 is 0 Å². The van der Waals surface area contributed by atoms with Crippen molar-refractivity contribution < 1.29 is 5.11 Å². The number of benzene rings is 2. The molecule has 2 rings (SSSR count). The van der Waals surface area contributed by atoms with Crippen LogP contribution < -0.4 is 10.4 Å². The van der Waals surface area contributed by atoms with Crippen molar-refractivity contribution in [1.29, 1.82) is 0 Å². The van der Waals surface area contributed by atoms with Gasteiger partial charge in [0.1, 0.15) is 4.99 Å². The number of hydrogen-bond acceptors (Lipinski definition) is 2. The van der Waals surface area contributed by atoms with Crippen molar-refractivity contribution in [3.8, 4) is 0 Å². The summed E-state index contributed by atoms with van der Waals surface area (Å²) in [7, 11) is 0. The highest BCUT2D eigenvalue weighted by Crippen LogP contribution is 2.25. The first kappa shape index (κ1) is 16.5. The summed E-state index contributed by atoms with van der Waals surface area (Å²) in [5.74, 6) is -0.123. The molecule has 0 atom stereocenters. The van der Waals surface area contributed by atoms with Gasteiger partial charge >= 0.3 is 0 Å². The number of halogens is 1. The molecule has 22 heavy (non-hydrogen) atoms. The Bertz CT molecular complexity index is 682. The first-order valence-corrected chi connectivity index (χ1v) is 7.93. The van der Waals surface area contributed by atoms with Crippen LogP contribution in [0.4, 0.5) is 0 Å². The van der Waals surface area contributed by atoms with Gasteiger partial charge in [0.2, 0.25) is 0 Å². The van der Waals surface area contributed by atoms with Crippen molar-refractivity contribution in [2.45, 2.75) is 13.3 Å². The molecule has 0 fully saturated rings. The molecule has 0 bridgehead atoms. The summed E-state index contributed by atoms with van der Waals surface area (Å²) in [5, 5.41) is 16.5. The van der Waals surface area contributed by atoms with Gasteiger partial charge in [-0.05, 0) is 29.7 Å². The lowest BCUT2D eigenvalue weighted by molar-refractivity contribution is -0.242. The van der Waals surface area contributed by atoms with Crippen LogP contribution in [0.5, 0.6) is 0 Å². The van der Waals surface area contributed by atoms with Crippen molar-refractivity contribution in [1.82, 2.24) is 5.32 Å². The minimum atomic E-state index is -0.123. The number of nitrogens with one attached hydrogen (secondary N) is 1. The summed E-state index contributed by atoms with van der Waals surface area (Å²) in [4.78, 5) is 0.470. The van der Waals surface area contributed by atoms with Crippen LogP contribution in [0.15, 0.2) is 54.6 Å². The molecule has 0 amide bonds. The Balaban J connectivity index is 2.51. The zero-order valence-electron chi connectivity index (χ0n) is 12.3. The van der Waals surface area contributed by atoms with E-state index in [2.05, 4.69) is 12.2 Å². The van der Waals surface area contributed by atoms with Crippen LogP contribution in [0.1, 0.15) is 24.5 Å². The van der Waals surface area contributed by atoms with Gasteiger partial charge in [-0.1, -0.05) is 79.0 Å². The van der Waals surface area contributed by atoms with Crippen molar-refractivity contribution >= 4 is 40.1 Å². The van der Waals surface area contributed by atoms with Crippen molar-refractivity contribution in [3.63, 3.8) is 0 Å². The summed E-state index contributed by atoms with van der Waals surface area (Å²) in [6.45, 7) is 2.79. The summed E-state index contributed by atoms with van der Waals surface area (Å²) < 4.78 is 0. The van der Waals surface area contributed by atoms with Gasteiger partial charge in [-0.25, -0.2) is 0 Å². The van der Waals surface area contributed by atoms with E-state index in [0.717, 1.165) is 18.5 Å². The van der Waals surface area contributed by atoms with E-state index >= 15 is 0 Å². The number of thiocarbonyl (C=S) groups is 1. The predicted octanol–water partition coefficient (Wildman–Crippen LogP) is 3.90. The summed E-state index contributed by atoms with van der Waals surface area (Å²) >= 11 is 11.4. The van der Waals surface area contributed by atoms with Gasteiger partial charge < -0.3 is 10.4 Å². The smallest absolute Gasteiger partial charge is 0.106 e. The highest BCUT2D eigenvalue weighted by Gasteiger charge is 2.10. The Morgan fingerprint density at radius 2 is 1.77 bits per heavy atom. The normalized spacial score (nSPS) is 11.7. The molecule has 0 aliphatic rings. The van der Waals surface area contributed by atoms with Gasteiger partial charge in [-0.2, -0.15) is 0 Å². The first-order chi connectivity index (χ1) is 10.6. The van der Waals surface area contributed by atoms with E-state index in [9.17, 15) is 5.11 Å². The molecule has 0 heterocycles. The second-order valence-electron chi connectivity index (χ2n) is 4.84. The molecule has 2 aromatic carbocycles. The molecule has 2 aromatic rings. The van der Waals surface area contributed by atoms with Gasteiger partial charge in [0.15, 0.2) is 0 Å². The molecule has 0 aliphatic heterocycles. The average molecular weight is 331 g/mol. The lowest BCUT2D eigenvalue weighted by Gasteiger charge is -2.22. The Labute approximate surface area is 141 Å². The van der Waals surface area contributed by atoms with Gasteiger partial charge in [0, 0.05) is 17.1 Å². The molecule has 0 saturated carbocycles. The third-order valence-electron chi connectivity index (χ3n) is 3.14. The highest BCUT2D eigenvalue weighted by atomic mass is 35.5. The fraction of sp³-hybridized carbons (Fsp3) is 0.167. The van der Waals surface area contributed by atoms with Crippen LogP contribution in [0, 0.1) is 0 Å². The number of rotatable bonds is 5. The van der Waals surface area contributed by atoms with Crippen LogP contribution in [0.25, 0.3) is 11.3 Å². The molecule has 2 nitrogen and oxygen atoms in total. The monoisotopic (exact) mass is 330 g/mol. The second-order valence-corrected chi connectivity index (χ2v) is 5.68. The highest BCUT2D eigenvalue weighted by molar-refractivity contribution is 7.81. The zero-order valence-corrected chi connectivity index (χ0v) is 13.9. The molecular formula is C18H17ClNOS-. The van der Waals surface area contributed by atoms with Gasteiger partial charge in [-0.15, -0.1) is 0 Å². The fourth-order valence-electron chi connectivity index (χ4n) is 2.07. The fourth-order valence-corrected chi connectivity index (χ4v) is 2.57. The van der Waals surface area contributed by atoms with Crippen molar-refractivity contribution in [2.24, 2.45) is 0 Å². The van der Waals surface area contributed by atoms with Gasteiger partial charge in [0.25, 0.3) is 0 Å². The first-order valence-electron chi connectivity index (χ1n) is 7.14. The molecular weight excluding hydrogens is 314 g/mol. The van der Waals surface area contributed by atoms with Crippen LogP contribution in [0.3, 0.4) is 0 Å². The van der Waals surface area contributed by atoms with Crippen LogP contribution in [0.2, 0.25) is 5.02 Å². The van der Waals surface area contributed by atoms with E-state index in [1.807, 2.05) is 30.3 Å². The summed E-state index contributed by atoms with van der Waals surface area (Å²) in [6, 6.07) is 16.4. The lowest BCUT2D eigenvalue weighted by Crippen LogP contribution is -2.25. The van der Waals surface area contributed by atoms with E-state index in [1.165, 1.54) is 0 Å². The van der Waals surface area contributed by atoms with Gasteiger partial charge in [0.05, 0.1) is 0 Å². The molecule has 0 unspecified atom stereocenters. The molecule has 1 N–H and O–H groups in total. The molecule has 0 aliphatic carbocycles. The predicted molar refractivity (Wildman–Crippen MR) is 95.6 cm³/mol. The summed E-state index contributed by atoms with van der Waals surface area (Å²) in [6.07, 6.45) is 0.938. The molecule has 0 saturated heterocycles. The molecule has 0 aromatic heterocycles. The third-order valence-corrected chi connectivity index (χ3v) is 3.72. The maximum Gasteiger partial charge on any atom is 0.106 e. The van der Waals surface area contributed by atoms with E-state index in [1.54, 1.807) is 24.3 Å². The van der Waals surface area contributed by atoms with E-state index in [0.29, 0.717) is 21.1 Å². The SMILES string of the molecule is CCCNC(=S)/C(=C(\[O-])c1cccc(Cl)c1)c1ccccc1. The number of hydrogen-bond donors (Lipinski definition) is 1. The maximum atomic E-state index is 12.9. The van der Waals surface area contributed by atoms with Crippen LogP contribution >= 0.6 is 23.8 Å². The Morgan fingerprint density at radius 1 is 1.09 bits per heavy atom.